The number of alkyl halides is 6. The van der Waals surface area contributed by atoms with Crippen molar-refractivity contribution in [3.05, 3.63) is 155 Å². The number of amides is 20. The number of hydrogen-bond donors (Lipinski definition) is 10. The van der Waals surface area contributed by atoms with Crippen LogP contribution in [0.4, 0.5) is 121 Å². The molecule has 15 aliphatic rings. The Balaban J connectivity index is 0.000000129. The lowest BCUT2D eigenvalue weighted by Gasteiger charge is -2.57. The van der Waals surface area contributed by atoms with Gasteiger partial charge in [0.05, 0.1) is 132 Å². The van der Waals surface area contributed by atoms with E-state index >= 15 is 4.39 Å². The molecule has 760 valence electrons. The Hall–Kier alpha value is -13.0. The Labute approximate surface area is 818 Å². The van der Waals surface area contributed by atoms with Gasteiger partial charge in [-0.3, -0.25) is 101 Å². The lowest BCUT2D eigenvalue weighted by Crippen LogP contribution is -2.77. The fourth-order valence-electron chi connectivity index (χ4n) is 23.1. The number of carbonyl (C=O) groups excluding carboxylic acids is 15. The molecule has 20 rings (SSSR count). The van der Waals surface area contributed by atoms with E-state index in [0.29, 0.717) is 51.7 Å². The first-order valence-corrected chi connectivity index (χ1v) is 46.1. The van der Waals surface area contributed by atoms with Crippen LogP contribution in [0.25, 0.3) is 9.69 Å². The van der Waals surface area contributed by atoms with Gasteiger partial charge in [0.15, 0.2) is 56.6 Å². The molecule has 0 aromatic heterocycles. The van der Waals surface area contributed by atoms with Gasteiger partial charge in [0.25, 0.3) is 0 Å². The van der Waals surface area contributed by atoms with E-state index in [0.717, 1.165) is 28.0 Å². The lowest BCUT2D eigenvalue weighted by atomic mass is 9.65. The smallest absolute Gasteiger partial charge is 0.372 e. The summed E-state index contributed by atoms with van der Waals surface area (Å²) in [4.78, 5) is 201. The topological polar surface area (TPSA) is 447 Å². The normalized spacial score (nSPS) is 28.4. The minimum atomic E-state index is -4.85. The first-order chi connectivity index (χ1) is 66.9. The van der Waals surface area contributed by atoms with Gasteiger partial charge in [-0.15, -0.1) is 0 Å². The number of nitrogens with zero attached hydrogens (tertiary/aromatic N) is 7. The van der Waals surface area contributed by atoms with Gasteiger partial charge in [0.1, 0.15) is 29.1 Å². The van der Waals surface area contributed by atoms with E-state index in [1.165, 1.54) is 52.0 Å². The number of benzene rings is 5. The molecule has 10 saturated heterocycles. The summed E-state index contributed by atoms with van der Waals surface area (Å²) < 4.78 is 212. The van der Waals surface area contributed by atoms with Crippen LogP contribution in [0.15, 0.2) is 63.5 Å². The zero-order chi connectivity index (χ0) is 104. The van der Waals surface area contributed by atoms with Crippen LogP contribution >= 0.6 is 31.9 Å². The number of nitrogens with one attached hydrogen (secondary N) is 10. The highest BCUT2D eigenvalue weighted by atomic mass is 79.9. The quantitative estimate of drug-likeness (QED) is 0.0341. The third kappa shape index (κ3) is 17.0. The highest BCUT2D eigenvalue weighted by Gasteiger charge is 2.72. The van der Waals surface area contributed by atoms with Crippen LogP contribution in [0.2, 0.25) is 0 Å². The summed E-state index contributed by atoms with van der Waals surface area (Å²) in [5, 5.41) is 21.0. The second kappa shape index (κ2) is 37.0. The fourth-order valence-corrected chi connectivity index (χ4v) is 24.0. The second-order valence-electron chi connectivity index (χ2n) is 38.0. The average Bonchev–Trinajstić information content (AvgIpc) is 0.666. The molecule has 5 aromatic carbocycles. The molecule has 37 nitrogen and oxygen atoms in total. The molecule has 5 spiro atoms. The Morgan fingerprint density at radius 2 is 0.657 bits per heavy atom. The summed E-state index contributed by atoms with van der Waals surface area (Å²) >= 11 is 6.12. The van der Waals surface area contributed by atoms with E-state index in [1.807, 2.05) is 42.0 Å². The summed E-state index contributed by atoms with van der Waals surface area (Å²) in [6.07, 6.45) is -20.5. The highest BCUT2D eigenvalue weighted by molar-refractivity contribution is 9.10. The van der Waals surface area contributed by atoms with Gasteiger partial charge in [-0.1, -0.05) is 49.7 Å². The molecule has 143 heavy (non-hydrogen) atoms. The van der Waals surface area contributed by atoms with Crippen LogP contribution in [-0.2, 0) is 104 Å². The Bertz CT molecular complexity index is 6360. The number of barbiturate groups is 5. The maximum Gasteiger partial charge on any atom is 0.416 e. The molecular formula is C91H86Br2F13N17O20. The molecule has 0 unspecified atom stereocenters. The first kappa shape index (κ1) is 103. The van der Waals surface area contributed by atoms with Gasteiger partial charge in [-0.05, 0) is 152 Å². The van der Waals surface area contributed by atoms with Crippen LogP contribution in [-0.4, -0.2) is 226 Å². The average molecular weight is 2140 g/mol. The standard InChI is InChI=1S/C19H17BrF5N3O4.C19H18F5N3O4.2C18H17FN4O4.C17H17BrFN3O4/c1-6(2)13-14-18(15(29)26-17(31)27-16(18)30)4-7-3-8(20)10(21)11(22)12(7)28(14)5-9(32-13)19(23,24)25;1-7(2)13-14-18(15(28)25-17(30)26-16(18)29)5-8-3-9(20)4-10(21)12(8)27(14)6-11(31-13)19(22,23)24;1-8-7-23-13-5-11(19)12(20-3)4-10(13)6-18(14(23)9(2)27-8)15(24)21-17(26)22-16(18)25;1-8-7-23-13-10(4-11(20-3)5-12(13)19)6-18(14(23)9(2)27-8)15(24)21-17(26)22-16(18)25;1-7-6-22-12-9(3-10(18)4-11(12)19)5-17(13(22)8(2)26-7)14(23)20-16(25)21-15(17)24/h3,6,9,13-14H,4-5H2,1-2H3,(H2,26,27,29,30,31);3-4,7,11,13-14H,5-6H2,1-2H3,(H2,25,26,28,29,30);2*4-5,8-9,14H,6-7H2,1-2H3,(H2,21,22,24,25,26);3-4,7-8,13H,5-6H2,1-2H3,(H2,20,21,23,24,25)/t9-,13-,14+;11-,13-,14+;2*8-,9+,14-;7-,8+,13-/m00111/s1. The second-order valence-corrected chi connectivity index (χ2v) is 39.8. The maximum atomic E-state index is 15.1. The van der Waals surface area contributed by atoms with Gasteiger partial charge in [0.2, 0.25) is 64.8 Å². The van der Waals surface area contributed by atoms with E-state index in [2.05, 4.69) is 73.5 Å². The number of urea groups is 5. The van der Waals surface area contributed by atoms with Crippen LogP contribution in [0.3, 0.4) is 0 Å². The Kier molecular flexibility index (Phi) is 26.6. The van der Waals surface area contributed by atoms with Crippen molar-refractivity contribution in [3.63, 3.8) is 0 Å². The molecule has 20 amide bonds. The van der Waals surface area contributed by atoms with Crippen molar-refractivity contribution < 1.29 is 153 Å². The highest BCUT2D eigenvalue weighted by Crippen LogP contribution is 2.57. The SMILES string of the molecule is CC(C)[C@@H]1O[C@H](C(F)(F)F)CN2c3c(F)cc(F)cc3CC3(C(=O)NC(=O)NC3=O)[C@@H]12.CC(C)[C@@H]1O[C@H](C(F)(F)F)CN2c3c(cc(Br)c(F)c3F)CC3(C(=O)NC(=O)NC3=O)[C@@H]12.C[C@@H]1CN2c3c(F)cc(Br)cc3CC3(C(=O)NC(=O)NC3=O)[C@H]2[C@H](C)O1.[C-]#[N+]c1cc(F)c2c(c1)CC1(C(=O)NC(=O)NC1=O)[C@H]1[C@H](C)O[C@H](C)CN21.[C-]#[N+]c1cc2c(cc1F)N1C[C@@H](C)O[C@@H](C)[C@@H]1C1(C2)C(=O)NC(=O)NC1=O. The number of rotatable bonds is 2. The van der Waals surface area contributed by atoms with Gasteiger partial charge in [0, 0.05) is 55.1 Å². The fraction of sp³-hybridized carbons (Fsp3) is 0.484. The summed E-state index contributed by atoms with van der Waals surface area (Å²) in [6, 6.07) is 1.07. The molecule has 15 atom stereocenters. The molecule has 15 heterocycles. The maximum absolute atomic E-state index is 15.1. The molecular weight excluding hydrogens is 2060 g/mol. The van der Waals surface area contributed by atoms with Gasteiger partial charge >= 0.3 is 42.5 Å². The van der Waals surface area contributed by atoms with Gasteiger partial charge in [-0.25, -0.2) is 64.4 Å². The molecule has 0 aliphatic carbocycles. The lowest BCUT2D eigenvalue weighted by molar-refractivity contribution is -0.250. The van der Waals surface area contributed by atoms with Crippen LogP contribution < -0.4 is 77.7 Å². The van der Waals surface area contributed by atoms with E-state index in [1.54, 1.807) is 41.5 Å². The zero-order valence-corrected chi connectivity index (χ0v) is 79.7. The van der Waals surface area contributed by atoms with E-state index in [4.69, 9.17) is 36.8 Å². The molecule has 0 saturated carbocycles. The van der Waals surface area contributed by atoms with Crippen molar-refractivity contribution in [3.8, 4) is 0 Å². The van der Waals surface area contributed by atoms with E-state index in [-0.39, 0.29) is 82.5 Å². The number of imide groups is 10. The number of morpholine rings is 5. The molecule has 52 heteroatoms. The molecule has 0 radical (unpaired) electrons. The number of halogens is 15. The van der Waals surface area contributed by atoms with Crippen molar-refractivity contribution in [1.29, 1.82) is 0 Å². The third-order valence-corrected chi connectivity index (χ3v) is 29.4. The third-order valence-electron chi connectivity index (χ3n) is 28.4. The molecule has 0 bridgehead atoms. The summed E-state index contributed by atoms with van der Waals surface area (Å²) in [5.41, 5.74) is -7.56. The molecule has 10 fully saturated rings. The van der Waals surface area contributed by atoms with E-state index in [9.17, 15) is 125 Å². The Morgan fingerprint density at radius 1 is 0.350 bits per heavy atom. The van der Waals surface area contributed by atoms with Crippen LogP contribution in [0.5, 0.6) is 0 Å². The van der Waals surface area contributed by atoms with Crippen molar-refractivity contribution in [2.45, 2.75) is 205 Å². The summed E-state index contributed by atoms with van der Waals surface area (Å²) in [7, 11) is 0. The van der Waals surface area contributed by atoms with Crippen molar-refractivity contribution in [1.82, 2.24) is 53.2 Å². The number of anilines is 5. The number of fused-ring (bicyclic) bond motifs is 20. The minimum absolute atomic E-state index is 0.0209. The Morgan fingerprint density at radius 3 is 1.01 bits per heavy atom. The first-order valence-electron chi connectivity index (χ1n) is 44.5. The van der Waals surface area contributed by atoms with Gasteiger partial charge in [-0.2, -0.15) is 26.3 Å². The predicted octanol–water partition coefficient (Wildman–Crippen LogP) is 8.84. The van der Waals surface area contributed by atoms with Gasteiger partial charge < -0.3 is 48.2 Å². The predicted molar refractivity (Wildman–Crippen MR) is 474 cm³/mol. The van der Waals surface area contributed by atoms with Crippen LogP contribution in [0.1, 0.15) is 97.1 Å². The number of carbonyl (C=O) groups is 15. The van der Waals surface area contributed by atoms with Crippen LogP contribution in [0, 0.1) is 92.8 Å². The van der Waals surface area contributed by atoms with Crippen molar-refractivity contribution >= 4 is 161 Å². The largest absolute Gasteiger partial charge is 0.416 e. The minimum Gasteiger partial charge on any atom is -0.372 e. The van der Waals surface area contributed by atoms with Crippen molar-refractivity contribution in [2.24, 2.45) is 38.9 Å². The summed E-state index contributed by atoms with van der Waals surface area (Å²) in [5.74, 6) is -16.3. The number of hydrogen-bond acceptors (Lipinski definition) is 25. The zero-order valence-electron chi connectivity index (χ0n) is 76.5. The molecule has 5 aromatic rings. The molecule has 10 N–H and O–H groups in total. The van der Waals surface area contributed by atoms with E-state index < -0.39 is 286 Å². The molecule has 15 aliphatic heterocycles. The summed E-state index contributed by atoms with van der Waals surface area (Å²) in [6.45, 7) is 30.2. The monoisotopic (exact) mass is 2140 g/mol. The van der Waals surface area contributed by atoms with Crippen molar-refractivity contribution in [2.75, 3.05) is 57.2 Å². The number of ether oxygens (including phenoxy) is 5.